The number of aliphatic hydroxyl groups is 1. The van der Waals surface area contributed by atoms with Crippen LogP contribution in [0.5, 0.6) is 0 Å². The lowest BCUT2D eigenvalue weighted by atomic mass is 9.87. The molecule has 0 aromatic heterocycles. The zero-order valence-corrected chi connectivity index (χ0v) is 13.8. The van der Waals surface area contributed by atoms with Gasteiger partial charge in [-0.15, -0.1) is 0 Å². The van der Waals surface area contributed by atoms with Crippen LogP contribution in [-0.4, -0.2) is 42.1 Å². The summed E-state index contributed by atoms with van der Waals surface area (Å²) < 4.78 is 0. The Balaban J connectivity index is 1.47. The number of nitrogens with zero attached hydrogens (tertiary/aromatic N) is 1. The summed E-state index contributed by atoms with van der Waals surface area (Å²) in [4.78, 5) is 14.5. The van der Waals surface area contributed by atoms with Gasteiger partial charge in [-0.2, -0.15) is 0 Å². The van der Waals surface area contributed by atoms with Crippen LogP contribution in [0.4, 0.5) is 0 Å². The second-order valence-corrected chi connectivity index (χ2v) is 6.97. The van der Waals surface area contributed by atoms with Gasteiger partial charge in [0.15, 0.2) is 0 Å². The van der Waals surface area contributed by atoms with Crippen LogP contribution >= 0.6 is 0 Å². The number of benzene rings is 1. The molecule has 23 heavy (non-hydrogen) atoms. The summed E-state index contributed by atoms with van der Waals surface area (Å²) in [6.45, 7) is 3.67. The first-order valence-corrected chi connectivity index (χ1v) is 8.95. The van der Waals surface area contributed by atoms with Crippen LogP contribution in [0, 0.1) is 11.8 Å². The zero-order valence-electron chi connectivity index (χ0n) is 13.8. The molecule has 3 rings (SSSR count). The Morgan fingerprint density at radius 2 is 1.78 bits per heavy atom. The third-order valence-corrected chi connectivity index (χ3v) is 5.40. The second kappa shape index (κ2) is 7.93. The summed E-state index contributed by atoms with van der Waals surface area (Å²) in [6, 6.07) is 9.88. The van der Waals surface area contributed by atoms with Gasteiger partial charge in [0.1, 0.15) is 0 Å². The molecule has 1 aromatic carbocycles. The Morgan fingerprint density at radius 1 is 1.13 bits per heavy atom. The summed E-state index contributed by atoms with van der Waals surface area (Å²) in [5.74, 6) is 1.13. The highest BCUT2D eigenvalue weighted by Crippen LogP contribution is 2.31. The predicted octanol–water partition coefficient (Wildman–Crippen LogP) is 2.35. The van der Waals surface area contributed by atoms with Crippen molar-refractivity contribution in [3.63, 3.8) is 0 Å². The molecule has 2 saturated heterocycles. The molecule has 2 fully saturated rings. The number of carbonyl (C=O) groups is 1. The molecular weight excluding hydrogens is 288 g/mol. The first-order valence-electron chi connectivity index (χ1n) is 8.95. The molecule has 0 aliphatic carbocycles. The van der Waals surface area contributed by atoms with Crippen molar-refractivity contribution in [2.24, 2.45) is 11.8 Å². The Bertz CT molecular complexity index is 491. The van der Waals surface area contributed by atoms with E-state index in [1.54, 1.807) is 0 Å². The molecule has 1 amide bonds. The molecule has 0 saturated carbocycles. The fourth-order valence-electron chi connectivity index (χ4n) is 3.85. The van der Waals surface area contributed by atoms with Crippen LogP contribution in [0.25, 0.3) is 0 Å². The molecule has 1 atom stereocenters. The van der Waals surface area contributed by atoms with E-state index in [0.29, 0.717) is 18.2 Å². The number of hydrogen-bond acceptors (Lipinski definition) is 3. The third kappa shape index (κ3) is 4.33. The molecule has 1 unspecified atom stereocenters. The van der Waals surface area contributed by atoms with Gasteiger partial charge in [0.05, 0.1) is 6.10 Å². The van der Waals surface area contributed by atoms with Crippen molar-refractivity contribution in [2.45, 2.75) is 38.2 Å². The van der Waals surface area contributed by atoms with Crippen LogP contribution in [0.1, 0.15) is 43.8 Å². The molecule has 2 aliphatic rings. The maximum Gasteiger partial charge on any atom is 0.222 e. The SMILES string of the molecule is O=C(CC1CCNCC1)N1CCC(C(O)c2ccccc2)CC1. The minimum atomic E-state index is -0.405. The quantitative estimate of drug-likeness (QED) is 0.896. The highest BCUT2D eigenvalue weighted by molar-refractivity contribution is 5.76. The van der Waals surface area contributed by atoms with Crippen molar-refractivity contribution >= 4 is 5.91 Å². The lowest BCUT2D eigenvalue weighted by molar-refractivity contribution is -0.134. The van der Waals surface area contributed by atoms with Crippen LogP contribution in [0.15, 0.2) is 30.3 Å². The number of rotatable bonds is 4. The average Bonchev–Trinajstić information content (AvgIpc) is 2.63. The minimum Gasteiger partial charge on any atom is -0.388 e. The number of likely N-dealkylation sites (tertiary alicyclic amines) is 1. The molecule has 2 N–H and O–H groups in total. The van der Waals surface area contributed by atoms with Gasteiger partial charge in [-0.3, -0.25) is 4.79 Å². The molecule has 2 aliphatic heterocycles. The topological polar surface area (TPSA) is 52.6 Å². The van der Waals surface area contributed by atoms with Crippen LogP contribution in [0.3, 0.4) is 0 Å². The number of aliphatic hydroxyl groups excluding tert-OH is 1. The molecule has 0 spiro atoms. The first kappa shape index (κ1) is 16.5. The number of amides is 1. The fraction of sp³-hybridized carbons (Fsp3) is 0.632. The van der Waals surface area contributed by atoms with E-state index in [2.05, 4.69) is 5.32 Å². The maximum absolute atomic E-state index is 12.5. The smallest absolute Gasteiger partial charge is 0.222 e. The predicted molar refractivity (Wildman–Crippen MR) is 90.9 cm³/mol. The summed E-state index contributed by atoms with van der Waals surface area (Å²) in [7, 11) is 0. The standard InChI is InChI=1S/C19H28N2O2/c22-18(14-15-6-10-20-11-7-15)21-12-8-17(9-13-21)19(23)16-4-2-1-3-5-16/h1-5,15,17,19-20,23H,6-14H2. The molecular formula is C19H28N2O2. The summed E-state index contributed by atoms with van der Waals surface area (Å²) in [5.41, 5.74) is 0.993. The highest BCUT2D eigenvalue weighted by Gasteiger charge is 2.29. The van der Waals surface area contributed by atoms with Gasteiger partial charge in [0.2, 0.25) is 5.91 Å². The molecule has 0 bridgehead atoms. The molecule has 1 aromatic rings. The van der Waals surface area contributed by atoms with Crippen molar-refractivity contribution in [1.82, 2.24) is 10.2 Å². The second-order valence-electron chi connectivity index (χ2n) is 6.97. The van der Waals surface area contributed by atoms with Crippen molar-refractivity contribution < 1.29 is 9.90 Å². The van der Waals surface area contributed by atoms with Crippen molar-refractivity contribution in [3.05, 3.63) is 35.9 Å². The number of nitrogens with one attached hydrogen (secondary N) is 1. The van der Waals surface area contributed by atoms with Gasteiger partial charge in [-0.1, -0.05) is 30.3 Å². The fourth-order valence-corrected chi connectivity index (χ4v) is 3.85. The van der Waals surface area contributed by atoms with Crippen molar-refractivity contribution in [2.75, 3.05) is 26.2 Å². The average molecular weight is 316 g/mol. The molecule has 4 nitrogen and oxygen atoms in total. The van der Waals surface area contributed by atoms with Crippen LogP contribution in [0.2, 0.25) is 0 Å². The number of hydrogen-bond donors (Lipinski definition) is 2. The normalized spacial score (nSPS) is 22.0. The maximum atomic E-state index is 12.5. The minimum absolute atomic E-state index is 0.264. The van der Waals surface area contributed by atoms with E-state index in [9.17, 15) is 9.90 Å². The third-order valence-electron chi connectivity index (χ3n) is 5.40. The van der Waals surface area contributed by atoms with E-state index in [4.69, 9.17) is 0 Å². The first-order chi connectivity index (χ1) is 11.2. The summed E-state index contributed by atoms with van der Waals surface area (Å²) in [5, 5.41) is 13.9. The van der Waals surface area contributed by atoms with Gasteiger partial charge in [-0.05, 0) is 56.2 Å². The molecule has 126 valence electrons. The summed E-state index contributed by atoms with van der Waals surface area (Å²) in [6.07, 6.45) is 4.33. The Hall–Kier alpha value is -1.39. The van der Waals surface area contributed by atoms with E-state index >= 15 is 0 Å². The summed E-state index contributed by atoms with van der Waals surface area (Å²) >= 11 is 0. The van der Waals surface area contributed by atoms with Gasteiger partial charge < -0.3 is 15.3 Å². The lowest BCUT2D eigenvalue weighted by Crippen LogP contribution is -2.41. The van der Waals surface area contributed by atoms with E-state index in [-0.39, 0.29) is 5.92 Å². The van der Waals surface area contributed by atoms with Gasteiger partial charge in [-0.25, -0.2) is 0 Å². The monoisotopic (exact) mass is 316 g/mol. The number of piperidine rings is 2. The van der Waals surface area contributed by atoms with E-state index in [1.165, 1.54) is 0 Å². The molecule has 4 heteroatoms. The Kier molecular flexibility index (Phi) is 5.68. The molecule has 0 radical (unpaired) electrons. The van der Waals surface area contributed by atoms with Gasteiger partial charge >= 0.3 is 0 Å². The Labute approximate surface area is 138 Å². The van der Waals surface area contributed by atoms with E-state index in [0.717, 1.165) is 57.4 Å². The molecule has 2 heterocycles. The lowest BCUT2D eigenvalue weighted by Gasteiger charge is -2.35. The van der Waals surface area contributed by atoms with E-state index < -0.39 is 6.10 Å². The highest BCUT2D eigenvalue weighted by atomic mass is 16.3. The van der Waals surface area contributed by atoms with Crippen molar-refractivity contribution in [3.8, 4) is 0 Å². The van der Waals surface area contributed by atoms with Crippen LogP contribution in [-0.2, 0) is 4.79 Å². The van der Waals surface area contributed by atoms with Crippen molar-refractivity contribution in [1.29, 1.82) is 0 Å². The van der Waals surface area contributed by atoms with Crippen LogP contribution < -0.4 is 5.32 Å². The number of carbonyl (C=O) groups excluding carboxylic acids is 1. The zero-order chi connectivity index (χ0) is 16.1. The van der Waals surface area contributed by atoms with Gasteiger partial charge in [0.25, 0.3) is 0 Å². The van der Waals surface area contributed by atoms with Gasteiger partial charge in [0, 0.05) is 19.5 Å². The van der Waals surface area contributed by atoms with E-state index in [1.807, 2.05) is 35.2 Å². The largest absolute Gasteiger partial charge is 0.388 e. The Morgan fingerprint density at radius 3 is 2.43 bits per heavy atom.